The Morgan fingerprint density at radius 3 is 2.94 bits per heavy atom. The van der Waals surface area contributed by atoms with Crippen LogP contribution in [0.3, 0.4) is 0 Å². The van der Waals surface area contributed by atoms with Crippen LogP contribution in [0, 0.1) is 3.57 Å². The minimum absolute atomic E-state index is 0.0648. The highest BCUT2D eigenvalue weighted by Crippen LogP contribution is 2.27. The highest BCUT2D eigenvalue weighted by atomic mass is 127. The molecule has 0 aliphatic carbocycles. The normalized spacial score (nSPS) is 17.5. The fraction of sp³-hybridized carbons (Fsp3) is 0.333. The minimum atomic E-state index is 0.0648. The molecule has 0 fully saturated rings. The summed E-state index contributed by atoms with van der Waals surface area (Å²) >= 11 is 2.31. The molecule has 3 nitrogen and oxygen atoms in total. The number of rotatable bonds is 3. The van der Waals surface area contributed by atoms with E-state index in [1.54, 1.807) is 0 Å². The molecule has 1 aliphatic rings. The number of nitrogens with one attached hydrogen (secondary N) is 1. The molecule has 1 aromatic rings. The molecule has 0 spiro atoms. The Labute approximate surface area is 109 Å². The first-order valence-corrected chi connectivity index (χ1v) is 6.41. The number of hydrogen-bond donors (Lipinski definition) is 2. The third kappa shape index (κ3) is 2.75. The molecular formula is C12H15IN2O. The minimum Gasteiger partial charge on any atom is -0.501 e. The van der Waals surface area contributed by atoms with E-state index in [9.17, 15) is 0 Å². The maximum Gasteiger partial charge on any atom is 0.0876 e. The van der Waals surface area contributed by atoms with Gasteiger partial charge >= 0.3 is 0 Å². The fourth-order valence-corrected chi connectivity index (χ4v) is 2.47. The molecule has 16 heavy (non-hydrogen) atoms. The molecule has 0 radical (unpaired) electrons. The van der Waals surface area contributed by atoms with Crippen LogP contribution in [-0.2, 0) is 4.74 Å². The van der Waals surface area contributed by atoms with Crippen molar-refractivity contribution in [1.82, 2.24) is 5.43 Å². The Morgan fingerprint density at radius 1 is 1.44 bits per heavy atom. The van der Waals surface area contributed by atoms with E-state index in [4.69, 9.17) is 10.6 Å². The molecule has 1 atom stereocenters. The van der Waals surface area contributed by atoms with Crippen molar-refractivity contribution in [3.05, 3.63) is 45.2 Å². The molecule has 3 N–H and O–H groups in total. The van der Waals surface area contributed by atoms with Gasteiger partial charge in [0.05, 0.1) is 18.9 Å². The lowest BCUT2D eigenvalue weighted by Gasteiger charge is -2.23. The van der Waals surface area contributed by atoms with Crippen molar-refractivity contribution in [2.24, 2.45) is 5.84 Å². The Morgan fingerprint density at radius 2 is 2.31 bits per heavy atom. The topological polar surface area (TPSA) is 47.3 Å². The maximum atomic E-state index is 5.64. The van der Waals surface area contributed by atoms with E-state index in [1.165, 1.54) is 14.7 Å². The lowest BCUT2D eigenvalue weighted by molar-refractivity contribution is 0.219. The predicted octanol–water partition coefficient (Wildman–Crippen LogP) is 2.49. The summed E-state index contributed by atoms with van der Waals surface area (Å²) in [5.41, 5.74) is 5.27. The van der Waals surface area contributed by atoms with Crippen LogP contribution in [-0.4, -0.2) is 6.61 Å². The highest BCUT2D eigenvalue weighted by molar-refractivity contribution is 14.1. The Kier molecular flexibility index (Phi) is 4.20. The van der Waals surface area contributed by atoms with Gasteiger partial charge in [0.2, 0.25) is 0 Å². The van der Waals surface area contributed by atoms with Gasteiger partial charge in [-0.05, 0) is 58.7 Å². The van der Waals surface area contributed by atoms with Crippen molar-refractivity contribution in [2.75, 3.05) is 6.61 Å². The van der Waals surface area contributed by atoms with Crippen molar-refractivity contribution in [3.63, 3.8) is 0 Å². The van der Waals surface area contributed by atoms with Gasteiger partial charge in [0.15, 0.2) is 0 Å². The van der Waals surface area contributed by atoms with Crippen LogP contribution in [0.15, 0.2) is 36.1 Å². The highest BCUT2D eigenvalue weighted by Gasteiger charge is 2.17. The van der Waals surface area contributed by atoms with Gasteiger partial charge in [0, 0.05) is 3.57 Å². The number of hydrazine groups is 1. The lowest BCUT2D eigenvalue weighted by atomic mass is 9.96. The summed E-state index contributed by atoms with van der Waals surface area (Å²) in [6.07, 6.45) is 3.95. The largest absolute Gasteiger partial charge is 0.501 e. The van der Waals surface area contributed by atoms with Crippen LogP contribution in [0.5, 0.6) is 0 Å². The van der Waals surface area contributed by atoms with E-state index >= 15 is 0 Å². The summed E-state index contributed by atoms with van der Waals surface area (Å²) in [7, 11) is 0. The van der Waals surface area contributed by atoms with Crippen LogP contribution in [0.25, 0.3) is 0 Å². The lowest BCUT2D eigenvalue weighted by Crippen LogP contribution is -2.30. The van der Waals surface area contributed by atoms with E-state index in [1.807, 2.05) is 12.3 Å². The van der Waals surface area contributed by atoms with Crippen molar-refractivity contribution < 1.29 is 4.74 Å². The first-order valence-electron chi connectivity index (χ1n) is 5.33. The summed E-state index contributed by atoms with van der Waals surface area (Å²) in [6, 6.07) is 8.41. The summed E-state index contributed by atoms with van der Waals surface area (Å²) in [4.78, 5) is 0. The first-order chi connectivity index (χ1) is 7.81. The van der Waals surface area contributed by atoms with E-state index in [0.717, 1.165) is 19.4 Å². The third-order valence-electron chi connectivity index (χ3n) is 2.68. The average Bonchev–Trinajstić information content (AvgIpc) is 2.31. The fourth-order valence-electron chi connectivity index (χ4n) is 1.90. The molecule has 0 aromatic heterocycles. The van der Waals surface area contributed by atoms with E-state index in [2.05, 4.69) is 46.2 Å². The Bertz CT molecular complexity index is 392. The number of nitrogens with two attached hydrogens (primary N) is 1. The first kappa shape index (κ1) is 11.9. The van der Waals surface area contributed by atoms with Crippen molar-refractivity contribution in [3.8, 4) is 0 Å². The third-order valence-corrected chi connectivity index (χ3v) is 3.35. The number of halogens is 1. The van der Waals surface area contributed by atoms with Gasteiger partial charge in [0.25, 0.3) is 0 Å². The molecule has 0 saturated carbocycles. The molecule has 1 heterocycles. The van der Waals surface area contributed by atoms with Crippen LogP contribution in [0.2, 0.25) is 0 Å². The van der Waals surface area contributed by atoms with Crippen LogP contribution in [0.4, 0.5) is 0 Å². The monoisotopic (exact) mass is 330 g/mol. The van der Waals surface area contributed by atoms with Gasteiger partial charge < -0.3 is 4.74 Å². The summed E-state index contributed by atoms with van der Waals surface area (Å²) in [5, 5.41) is 0. The number of hydrogen-bond acceptors (Lipinski definition) is 3. The molecule has 86 valence electrons. The zero-order valence-electron chi connectivity index (χ0n) is 8.95. The maximum absolute atomic E-state index is 5.64. The number of ether oxygens (including phenoxy) is 1. The van der Waals surface area contributed by atoms with Crippen molar-refractivity contribution in [1.29, 1.82) is 0 Å². The summed E-state index contributed by atoms with van der Waals surface area (Å²) < 4.78 is 6.57. The van der Waals surface area contributed by atoms with Crippen LogP contribution < -0.4 is 11.3 Å². The molecule has 1 unspecified atom stereocenters. The average molecular weight is 330 g/mol. The SMILES string of the molecule is NNC(C1=COCCC1)c1cccc(I)c1. The zero-order chi connectivity index (χ0) is 11.4. The zero-order valence-corrected chi connectivity index (χ0v) is 11.1. The van der Waals surface area contributed by atoms with Gasteiger partial charge in [-0.3, -0.25) is 5.84 Å². The smallest absolute Gasteiger partial charge is 0.0876 e. The molecule has 1 aliphatic heterocycles. The molecule has 0 bridgehead atoms. The molecule has 1 aromatic carbocycles. The Hall–Kier alpha value is -0.590. The Balaban J connectivity index is 2.25. The van der Waals surface area contributed by atoms with Gasteiger partial charge in [-0.2, -0.15) is 0 Å². The second-order valence-electron chi connectivity index (χ2n) is 3.82. The molecule has 0 saturated heterocycles. The van der Waals surface area contributed by atoms with Crippen molar-refractivity contribution in [2.45, 2.75) is 18.9 Å². The second-order valence-corrected chi connectivity index (χ2v) is 5.07. The van der Waals surface area contributed by atoms with E-state index in [-0.39, 0.29) is 6.04 Å². The van der Waals surface area contributed by atoms with Gasteiger partial charge in [-0.25, -0.2) is 5.43 Å². The van der Waals surface area contributed by atoms with Crippen LogP contribution >= 0.6 is 22.6 Å². The quantitative estimate of drug-likeness (QED) is 0.509. The van der Waals surface area contributed by atoms with E-state index < -0.39 is 0 Å². The molecule has 0 amide bonds. The summed E-state index contributed by atoms with van der Waals surface area (Å²) in [6.45, 7) is 0.813. The van der Waals surface area contributed by atoms with Crippen molar-refractivity contribution >= 4 is 22.6 Å². The standard InChI is InChI=1S/C12H15IN2O/c13-11-5-1-3-9(7-11)12(15-14)10-4-2-6-16-8-10/h1,3,5,7-8,12,15H,2,4,6,14H2. The van der Waals surface area contributed by atoms with Gasteiger partial charge in [-0.15, -0.1) is 0 Å². The van der Waals surface area contributed by atoms with Gasteiger partial charge in [0.1, 0.15) is 0 Å². The van der Waals surface area contributed by atoms with Crippen LogP contribution in [0.1, 0.15) is 24.4 Å². The van der Waals surface area contributed by atoms with E-state index in [0.29, 0.717) is 0 Å². The predicted molar refractivity (Wildman–Crippen MR) is 72.5 cm³/mol. The molecule has 4 heteroatoms. The summed E-state index contributed by atoms with van der Waals surface area (Å²) in [5.74, 6) is 5.64. The number of benzene rings is 1. The molecule has 2 rings (SSSR count). The van der Waals surface area contributed by atoms with Gasteiger partial charge in [-0.1, -0.05) is 12.1 Å². The molecular weight excluding hydrogens is 315 g/mol. The second kappa shape index (κ2) is 5.65.